The van der Waals surface area contributed by atoms with Crippen molar-refractivity contribution < 1.29 is 4.79 Å². The average Bonchev–Trinajstić information content (AvgIpc) is 3.38. The van der Waals surface area contributed by atoms with Crippen molar-refractivity contribution in [2.45, 2.75) is 25.3 Å². The van der Waals surface area contributed by atoms with E-state index in [2.05, 4.69) is 32.3 Å². The minimum atomic E-state index is 0.294. The Hall–Kier alpha value is -1.92. The Bertz CT molecular complexity index is 698. The molecule has 2 aromatic heterocycles. The summed E-state index contributed by atoms with van der Waals surface area (Å²) in [5, 5.41) is 2.15. The molecule has 2 aromatic rings. The van der Waals surface area contributed by atoms with E-state index in [4.69, 9.17) is 0 Å². The number of carbonyl (C=O) groups is 1. The zero-order valence-corrected chi connectivity index (χ0v) is 15.9. The van der Waals surface area contributed by atoms with Crippen molar-refractivity contribution in [3.63, 3.8) is 0 Å². The second kappa shape index (κ2) is 8.18. The van der Waals surface area contributed by atoms with Gasteiger partial charge in [-0.25, -0.2) is 4.98 Å². The van der Waals surface area contributed by atoms with E-state index in [-0.39, 0.29) is 0 Å². The molecule has 0 aliphatic carbocycles. The van der Waals surface area contributed by atoms with Gasteiger partial charge in [-0.2, -0.15) is 0 Å². The highest BCUT2D eigenvalue weighted by atomic mass is 32.1. The van der Waals surface area contributed by atoms with Crippen LogP contribution in [0.25, 0.3) is 0 Å². The first-order valence-electron chi connectivity index (χ1n) is 9.52. The predicted molar refractivity (Wildman–Crippen MR) is 106 cm³/mol. The molecule has 4 rings (SSSR count). The number of nitrogens with zero attached hydrogens (tertiary/aromatic N) is 4. The van der Waals surface area contributed by atoms with Crippen LogP contribution in [0.4, 0.5) is 5.82 Å². The fourth-order valence-electron chi connectivity index (χ4n) is 4.02. The van der Waals surface area contributed by atoms with Crippen LogP contribution < -0.4 is 4.90 Å². The van der Waals surface area contributed by atoms with Gasteiger partial charge in [0.05, 0.1) is 0 Å². The van der Waals surface area contributed by atoms with E-state index in [1.54, 1.807) is 0 Å². The number of aromatic nitrogens is 1. The molecule has 1 amide bonds. The molecule has 5 nitrogen and oxygen atoms in total. The lowest BCUT2D eigenvalue weighted by Crippen LogP contribution is -2.49. The number of rotatable bonds is 5. The Morgan fingerprint density at radius 1 is 1.12 bits per heavy atom. The molecular weight excluding hydrogens is 344 g/mol. The van der Waals surface area contributed by atoms with Gasteiger partial charge in [0, 0.05) is 56.3 Å². The van der Waals surface area contributed by atoms with Crippen molar-refractivity contribution in [2.24, 2.45) is 0 Å². The first kappa shape index (κ1) is 17.5. The summed E-state index contributed by atoms with van der Waals surface area (Å²) in [6.07, 6.45) is 4.91. The van der Waals surface area contributed by atoms with Gasteiger partial charge in [-0.15, -0.1) is 11.3 Å². The standard InChI is InChI=1S/C20H26N4OS/c25-20(8-11-22-10-3-5-17(22)18-6-4-16-26-18)24-14-12-23(13-15-24)19-7-1-2-9-21-19/h1-2,4,6-7,9,16-17H,3,5,8,10-15H2/t17-/m1/s1. The van der Waals surface area contributed by atoms with Gasteiger partial charge in [0.15, 0.2) is 0 Å². The summed E-state index contributed by atoms with van der Waals surface area (Å²) < 4.78 is 0. The Labute approximate surface area is 159 Å². The molecule has 0 N–H and O–H groups in total. The number of anilines is 1. The van der Waals surface area contributed by atoms with Crippen molar-refractivity contribution in [1.29, 1.82) is 0 Å². The molecule has 0 unspecified atom stereocenters. The SMILES string of the molecule is O=C(CCN1CCC[C@@H]1c1cccs1)N1CCN(c2ccccn2)CC1. The smallest absolute Gasteiger partial charge is 0.223 e. The summed E-state index contributed by atoms with van der Waals surface area (Å²) in [6, 6.07) is 10.9. The van der Waals surface area contributed by atoms with E-state index in [0.29, 0.717) is 18.4 Å². The first-order valence-corrected chi connectivity index (χ1v) is 10.4. The van der Waals surface area contributed by atoms with E-state index < -0.39 is 0 Å². The molecular formula is C20H26N4OS. The Kier molecular flexibility index (Phi) is 5.51. The summed E-state index contributed by atoms with van der Waals surface area (Å²) in [5.41, 5.74) is 0. The molecule has 0 aromatic carbocycles. The monoisotopic (exact) mass is 370 g/mol. The maximum absolute atomic E-state index is 12.7. The molecule has 0 bridgehead atoms. The second-order valence-electron chi connectivity index (χ2n) is 7.02. The zero-order chi connectivity index (χ0) is 17.8. The molecule has 26 heavy (non-hydrogen) atoms. The summed E-state index contributed by atoms with van der Waals surface area (Å²) in [7, 11) is 0. The van der Waals surface area contributed by atoms with Gasteiger partial charge in [-0.3, -0.25) is 9.69 Å². The molecule has 6 heteroatoms. The van der Waals surface area contributed by atoms with Crippen molar-refractivity contribution in [3.05, 3.63) is 46.8 Å². The lowest BCUT2D eigenvalue weighted by molar-refractivity contribution is -0.131. The van der Waals surface area contributed by atoms with Gasteiger partial charge in [0.25, 0.3) is 0 Å². The predicted octanol–water partition coefficient (Wildman–Crippen LogP) is 3.02. The molecule has 2 aliphatic rings. The van der Waals surface area contributed by atoms with Gasteiger partial charge in [0.2, 0.25) is 5.91 Å². The van der Waals surface area contributed by atoms with Crippen LogP contribution >= 0.6 is 11.3 Å². The topological polar surface area (TPSA) is 39.7 Å². The Morgan fingerprint density at radius 3 is 2.73 bits per heavy atom. The Balaban J connectivity index is 1.26. The molecule has 138 valence electrons. The average molecular weight is 371 g/mol. The zero-order valence-electron chi connectivity index (χ0n) is 15.1. The van der Waals surface area contributed by atoms with Crippen LogP contribution in [0.2, 0.25) is 0 Å². The van der Waals surface area contributed by atoms with E-state index in [1.165, 1.54) is 17.7 Å². The van der Waals surface area contributed by atoms with Crippen LogP contribution in [0.15, 0.2) is 41.9 Å². The lowest BCUT2D eigenvalue weighted by atomic mass is 10.2. The minimum Gasteiger partial charge on any atom is -0.353 e. The third-order valence-electron chi connectivity index (χ3n) is 5.45. The molecule has 4 heterocycles. The molecule has 0 saturated carbocycles. The lowest BCUT2D eigenvalue weighted by Gasteiger charge is -2.35. The van der Waals surface area contributed by atoms with Crippen molar-refractivity contribution in [2.75, 3.05) is 44.2 Å². The number of hydrogen-bond acceptors (Lipinski definition) is 5. The molecule has 0 spiro atoms. The normalized spacial score (nSPS) is 21.3. The third-order valence-corrected chi connectivity index (χ3v) is 6.43. The Morgan fingerprint density at radius 2 is 2.00 bits per heavy atom. The summed E-state index contributed by atoms with van der Waals surface area (Å²) in [6.45, 7) is 5.31. The number of thiophene rings is 1. The molecule has 1 atom stereocenters. The number of likely N-dealkylation sites (tertiary alicyclic amines) is 1. The van der Waals surface area contributed by atoms with E-state index in [0.717, 1.165) is 45.1 Å². The number of amides is 1. The highest BCUT2D eigenvalue weighted by Crippen LogP contribution is 2.34. The van der Waals surface area contributed by atoms with Crippen molar-refractivity contribution >= 4 is 23.1 Å². The van der Waals surface area contributed by atoms with Crippen LogP contribution in [0, 0.1) is 0 Å². The largest absolute Gasteiger partial charge is 0.353 e. The van der Waals surface area contributed by atoms with Crippen LogP contribution in [0.3, 0.4) is 0 Å². The van der Waals surface area contributed by atoms with Gasteiger partial charge in [0.1, 0.15) is 5.82 Å². The minimum absolute atomic E-state index is 0.294. The van der Waals surface area contributed by atoms with Crippen LogP contribution in [-0.4, -0.2) is 60.0 Å². The summed E-state index contributed by atoms with van der Waals surface area (Å²) in [5.74, 6) is 1.30. The number of carbonyl (C=O) groups excluding carboxylic acids is 1. The van der Waals surface area contributed by atoms with Gasteiger partial charge in [-0.1, -0.05) is 12.1 Å². The van der Waals surface area contributed by atoms with Crippen LogP contribution in [0.1, 0.15) is 30.2 Å². The summed E-state index contributed by atoms with van der Waals surface area (Å²) >= 11 is 1.84. The number of hydrogen-bond donors (Lipinski definition) is 0. The first-order chi connectivity index (χ1) is 12.8. The van der Waals surface area contributed by atoms with Crippen molar-refractivity contribution in [3.8, 4) is 0 Å². The quantitative estimate of drug-likeness (QED) is 0.811. The number of piperazine rings is 1. The second-order valence-corrected chi connectivity index (χ2v) is 7.99. The fourth-order valence-corrected chi connectivity index (χ4v) is 4.92. The molecule has 2 aliphatic heterocycles. The number of pyridine rings is 1. The third kappa shape index (κ3) is 3.91. The van der Waals surface area contributed by atoms with Gasteiger partial charge < -0.3 is 9.80 Å². The van der Waals surface area contributed by atoms with E-state index in [1.807, 2.05) is 40.6 Å². The van der Waals surface area contributed by atoms with E-state index >= 15 is 0 Å². The fraction of sp³-hybridized carbons (Fsp3) is 0.500. The highest BCUT2D eigenvalue weighted by Gasteiger charge is 2.28. The van der Waals surface area contributed by atoms with Gasteiger partial charge in [-0.05, 0) is 43.0 Å². The summed E-state index contributed by atoms with van der Waals surface area (Å²) in [4.78, 5) is 25.3. The van der Waals surface area contributed by atoms with Crippen molar-refractivity contribution in [1.82, 2.24) is 14.8 Å². The maximum Gasteiger partial charge on any atom is 0.223 e. The molecule has 0 radical (unpaired) electrons. The van der Waals surface area contributed by atoms with Crippen LogP contribution in [0.5, 0.6) is 0 Å². The maximum atomic E-state index is 12.7. The molecule has 2 saturated heterocycles. The van der Waals surface area contributed by atoms with Gasteiger partial charge >= 0.3 is 0 Å². The van der Waals surface area contributed by atoms with Crippen LogP contribution in [-0.2, 0) is 4.79 Å². The van der Waals surface area contributed by atoms with E-state index in [9.17, 15) is 4.79 Å². The highest BCUT2D eigenvalue weighted by molar-refractivity contribution is 7.10. The molecule has 2 fully saturated rings.